The molecule has 0 saturated carbocycles. The molecule has 0 spiro atoms. The first kappa shape index (κ1) is 29.1. The molecule has 0 unspecified atom stereocenters. The Hall–Kier alpha value is -4.97. The Kier molecular flexibility index (Phi) is 7.92. The Morgan fingerprint density at radius 1 is 0.932 bits per heavy atom. The van der Waals surface area contributed by atoms with Crippen LogP contribution in [0, 0.1) is 31.3 Å². The fourth-order valence-electron chi connectivity index (χ4n) is 5.40. The number of hydrogen-bond donors (Lipinski definition) is 4. The molecule has 2 aliphatic rings. The third-order valence-electron chi connectivity index (χ3n) is 7.83. The summed E-state index contributed by atoms with van der Waals surface area (Å²) in [6.45, 7) is 5.08. The van der Waals surface area contributed by atoms with E-state index in [4.69, 9.17) is 4.98 Å². The Bertz CT molecular complexity index is 1760. The van der Waals surface area contributed by atoms with Crippen molar-refractivity contribution < 1.29 is 22.8 Å². The molecule has 4 N–H and O–H groups in total. The molecule has 0 bridgehead atoms. The highest BCUT2D eigenvalue weighted by atomic mass is 19.1. The number of hydrogen-bond acceptors (Lipinski definition) is 6. The highest BCUT2D eigenvalue weighted by Gasteiger charge is 2.34. The second-order valence-electron chi connectivity index (χ2n) is 10.9. The normalized spacial score (nSPS) is 15.0. The number of aromatic nitrogens is 2. The summed E-state index contributed by atoms with van der Waals surface area (Å²) in [6, 6.07) is 12.2. The molecule has 4 aromatic rings. The van der Waals surface area contributed by atoms with Gasteiger partial charge in [-0.3, -0.25) is 4.79 Å². The van der Waals surface area contributed by atoms with Crippen LogP contribution in [0.1, 0.15) is 39.9 Å². The molecule has 2 aliphatic heterocycles. The van der Waals surface area contributed by atoms with Crippen LogP contribution in [0.15, 0.2) is 54.6 Å². The molecule has 0 aliphatic carbocycles. The lowest BCUT2D eigenvalue weighted by atomic mass is 9.99. The summed E-state index contributed by atoms with van der Waals surface area (Å²) in [7, 11) is 0. The van der Waals surface area contributed by atoms with Gasteiger partial charge in [-0.15, -0.1) is 0 Å². The van der Waals surface area contributed by atoms with Gasteiger partial charge < -0.3 is 21.3 Å². The summed E-state index contributed by atoms with van der Waals surface area (Å²) < 4.78 is 44.2. The van der Waals surface area contributed by atoms with Crippen LogP contribution in [0.2, 0.25) is 0 Å². The number of nitrogens with one attached hydrogen (secondary N) is 4. The van der Waals surface area contributed by atoms with Crippen molar-refractivity contribution in [2.75, 3.05) is 28.6 Å². The molecule has 226 valence electrons. The van der Waals surface area contributed by atoms with E-state index in [1.807, 2.05) is 6.92 Å². The molecule has 3 heterocycles. The molecule has 3 aromatic carbocycles. The number of piperidine rings is 1. The van der Waals surface area contributed by atoms with Crippen LogP contribution in [-0.2, 0) is 6.54 Å². The first-order chi connectivity index (χ1) is 21.2. The quantitative estimate of drug-likeness (QED) is 0.217. The summed E-state index contributed by atoms with van der Waals surface area (Å²) in [5.74, 6) is -2.58. The number of para-hydroxylation sites is 1. The molecule has 44 heavy (non-hydrogen) atoms. The Morgan fingerprint density at radius 2 is 1.66 bits per heavy atom. The van der Waals surface area contributed by atoms with E-state index in [-0.39, 0.29) is 29.9 Å². The maximum Gasteiger partial charge on any atom is 0.328 e. The maximum absolute atomic E-state index is 15.0. The zero-order valence-electron chi connectivity index (χ0n) is 24.1. The lowest BCUT2D eigenvalue weighted by Gasteiger charge is -2.31. The summed E-state index contributed by atoms with van der Waals surface area (Å²) in [5, 5.41) is 12.1. The van der Waals surface area contributed by atoms with Gasteiger partial charge in [0.1, 0.15) is 23.1 Å². The number of amides is 3. The van der Waals surface area contributed by atoms with E-state index < -0.39 is 35.1 Å². The van der Waals surface area contributed by atoms with E-state index in [1.165, 1.54) is 18.2 Å². The summed E-state index contributed by atoms with van der Waals surface area (Å²) >= 11 is 0. The van der Waals surface area contributed by atoms with Crippen molar-refractivity contribution in [2.45, 2.75) is 39.3 Å². The number of urea groups is 1. The second-order valence-corrected chi connectivity index (χ2v) is 10.9. The molecule has 3 amide bonds. The summed E-state index contributed by atoms with van der Waals surface area (Å²) in [6.07, 6.45) is 1.62. The second kappa shape index (κ2) is 12.0. The van der Waals surface area contributed by atoms with Crippen LogP contribution in [0.4, 0.5) is 41.1 Å². The number of anilines is 4. The smallest absolute Gasteiger partial charge is 0.328 e. The number of carbonyl (C=O) groups is 2. The third kappa shape index (κ3) is 5.68. The molecule has 1 fully saturated rings. The minimum Gasteiger partial charge on any atom is -0.351 e. The van der Waals surface area contributed by atoms with E-state index in [0.717, 1.165) is 48.5 Å². The molecule has 12 heteroatoms. The van der Waals surface area contributed by atoms with Crippen LogP contribution >= 0.6 is 0 Å². The number of carbonyl (C=O) groups excluding carboxylic acids is 2. The molecule has 6 rings (SSSR count). The van der Waals surface area contributed by atoms with Gasteiger partial charge in [-0.25, -0.2) is 27.8 Å². The molecular weight excluding hydrogens is 571 g/mol. The van der Waals surface area contributed by atoms with Crippen molar-refractivity contribution in [3.63, 3.8) is 0 Å². The number of halogens is 3. The van der Waals surface area contributed by atoms with Gasteiger partial charge >= 0.3 is 6.03 Å². The average Bonchev–Trinajstić information content (AvgIpc) is 3.00. The Balaban J connectivity index is 1.46. The molecule has 1 aromatic heterocycles. The van der Waals surface area contributed by atoms with E-state index in [9.17, 15) is 14.0 Å². The highest BCUT2D eigenvalue weighted by molar-refractivity contribution is 6.05. The predicted molar refractivity (Wildman–Crippen MR) is 162 cm³/mol. The van der Waals surface area contributed by atoms with Crippen LogP contribution in [0.3, 0.4) is 0 Å². The van der Waals surface area contributed by atoms with E-state index >= 15 is 8.78 Å². The lowest BCUT2D eigenvalue weighted by molar-refractivity contribution is 0.102. The van der Waals surface area contributed by atoms with Crippen molar-refractivity contribution >= 4 is 35.1 Å². The number of rotatable bonds is 6. The average molecular weight is 602 g/mol. The van der Waals surface area contributed by atoms with Crippen LogP contribution in [0.5, 0.6) is 0 Å². The first-order valence-electron chi connectivity index (χ1n) is 14.3. The van der Waals surface area contributed by atoms with Gasteiger partial charge in [-0.1, -0.05) is 18.2 Å². The van der Waals surface area contributed by atoms with Gasteiger partial charge in [0, 0.05) is 28.4 Å². The van der Waals surface area contributed by atoms with Gasteiger partial charge in [0.2, 0.25) is 5.95 Å². The lowest BCUT2D eigenvalue weighted by Crippen LogP contribution is -2.43. The molecule has 0 atom stereocenters. The molecule has 1 saturated heterocycles. The van der Waals surface area contributed by atoms with Gasteiger partial charge in [-0.05, 0) is 87.3 Å². The number of aryl methyl sites for hydroxylation is 2. The van der Waals surface area contributed by atoms with Gasteiger partial charge in [0.25, 0.3) is 5.91 Å². The Labute approximate surface area is 251 Å². The number of benzene rings is 3. The monoisotopic (exact) mass is 601 g/mol. The largest absolute Gasteiger partial charge is 0.351 e. The fourth-order valence-corrected chi connectivity index (χ4v) is 5.40. The number of nitrogens with zero attached hydrogens (tertiary/aromatic N) is 3. The van der Waals surface area contributed by atoms with Crippen molar-refractivity contribution in [3.8, 4) is 11.3 Å². The SMILES string of the molecule is Cc1ccc(C(=O)Nc2ccc(C)c(-c3nc(NC4CCNCC4)nc4c3CNC(=O)N4c3c(F)cccc3F)c2)cc1F. The van der Waals surface area contributed by atoms with Crippen molar-refractivity contribution in [1.82, 2.24) is 20.6 Å². The van der Waals surface area contributed by atoms with Crippen molar-refractivity contribution in [1.29, 1.82) is 0 Å². The van der Waals surface area contributed by atoms with Gasteiger partial charge in [-0.2, -0.15) is 4.98 Å². The highest BCUT2D eigenvalue weighted by Crippen LogP contribution is 2.39. The van der Waals surface area contributed by atoms with Gasteiger partial charge in [0.05, 0.1) is 12.2 Å². The standard InChI is InChI=1S/C32H30F3N7O2/c1-17-7-9-21(38-30(43)19-8-6-18(2)26(35)14-19)15-22(17)27-23-16-37-32(44)42(28-24(33)4-3-5-25(28)34)29(23)41-31(40-27)39-20-10-12-36-13-11-20/h3-9,14-15,20,36H,10-13,16H2,1-2H3,(H,37,44)(H,38,43)(H,39,40,41). The molecule has 0 radical (unpaired) electrons. The minimum absolute atomic E-state index is 0.00235. The van der Waals surface area contributed by atoms with Crippen molar-refractivity contribution in [2.24, 2.45) is 0 Å². The minimum atomic E-state index is -0.922. The van der Waals surface area contributed by atoms with E-state index in [2.05, 4.69) is 26.3 Å². The molecular formula is C32H30F3N7O2. The van der Waals surface area contributed by atoms with Crippen LogP contribution < -0.4 is 26.2 Å². The first-order valence-corrected chi connectivity index (χ1v) is 14.3. The van der Waals surface area contributed by atoms with E-state index in [0.29, 0.717) is 28.1 Å². The summed E-state index contributed by atoms with van der Waals surface area (Å²) in [5.41, 5.74) is 2.72. The van der Waals surface area contributed by atoms with Crippen molar-refractivity contribution in [3.05, 3.63) is 94.3 Å². The topological polar surface area (TPSA) is 111 Å². The zero-order valence-corrected chi connectivity index (χ0v) is 24.1. The fraction of sp³-hybridized carbons (Fsp3) is 0.250. The summed E-state index contributed by atoms with van der Waals surface area (Å²) in [4.78, 5) is 36.5. The van der Waals surface area contributed by atoms with Crippen LogP contribution in [0.25, 0.3) is 11.3 Å². The number of fused-ring (bicyclic) bond motifs is 1. The van der Waals surface area contributed by atoms with Gasteiger partial charge in [0.15, 0.2) is 5.82 Å². The maximum atomic E-state index is 15.0. The Morgan fingerprint density at radius 3 is 2.39 bits per heavy atom. The third-order valence-corrected chi connectivity index (χ3v) is 7.83. The van der Waals surface area contributed by atoms with Crippen LogP contribution in [-0.4, -0.2) is 41.0 Å². The molecule has 9 nitrogen and oxygen atoms in total. The predicted octanol–water partition coefficient (Wildman–Crippen LogP) is 5.96. The van der Waals surface area contributed by atoms with E-state index in [1.54, 1.807) is 31.2 Å². The zero-order chi connectivity index (χ0) is 31.0.